The number of carbonyl (C=O) groups excluding carboxylic acids is 1. The Labute approximate surface area is 156 Å². The van der Waals surface area contributed by atoms with Crippen molar-refractivity contribution in [1.82, 2.24) is 4.98 Å². The topological polar surface area (TPSA) is 98.0 Å². The molecule has 0 aliphatic carbocycles. The molecule has 0 aliphatic heterocycles. The van der Waals surface area contributed by atoms with Crippen LogP contribution in [0.5, 0.6) is 11.6 Å². The third kappa shape index (κ3) is 3.56. The fourth-order valence-electron chi connectivity index (χ4n) is 2.28. The number of phenols is 1. The largest absolute Gasteiger partial charge is 0.506 e. The first-order valence-electron chi connectivity index (χ1n) is 6.97. The number of halogens is 3. The number of phenolic OH excluding ortho intramolecular Hbond substituents is 1. The second-order valence-corrected chi connectivity index (χ2v) is 6.38. The number of amides is 1. The average Bonchev–Trinajstić information content (AvgIpc) is 2.90. The van der Waals surface area contributed by atoms with E-state index in [-0.39, 0.29) is 28.8 Å². The maximum Gasteiger partial charge on any atom is 0.269 e. The van der Waals surface area contributed by atoms with Crippen molar-refractivity contribution in [3.8, 4) is 11.6 Å². The van der Waals surface area contributed by atoms with Crippen molar-refractivity contribution < 1.29 is 15.0 Å². The first kappa shape index (κ1) is 17.5. The maximum absolute atomic E-state index is 12.0. The predicted molar refractivity (Wildman–Crippen MR) is 96.3 cm³/mol. The summed E-state index contributed by atoms with van der Waals surface area (Å²) in [6.45, 7) is 0. The average molecular weight is 399 g/mol. The van der Waals surface area contributed by atoms with Crippen LogP contribution in [-0.4, -0.2) is 21.1 Å². The molecule has 0 atom stereocenters. The van der Waals surface area contributed by atoms with Gasteiger partial charge in [-0.05, 0) is 29.8 Å². The number of hydrogen-bond acceptors (Lipinski definition) is 4. The zero-order valence-corrected chi connectivity index (χ0v) is 14.7. The lowest BCUT2D eigenvalue weighted by molar-refractivity contribution is -0.117. The molecule has 0 spiro atoms. The molecule has 0 bridgehead atoms. The molecule has 3 N–H and O–H groups in total. The molecule has 3 aromatic rings. The SMILES string of the molecule is O=C(Cc1ccc(O)c(Cl)c1)N=Nc1c(O)[nH]c2c(Cl)ccc(Cl)c12. The molecule has 1 amide bonds. The summed E-state index contributed by atoms with van der Waals surface area (Å²) in [4.78, 5) is 14.6. The fourth-order valence-corrected chi connectivity index (χ4v) is 2.93. The van der Waals surface area contributed by atoms with Crippen LogP contribution in [-0.2, 0) is 11.2 Å². The molecule has 2 aromatic carbocycles. The van der Waals surface area contributed by atoms with Crippen LogP contribution in [0.3, 0.4) is 0 Å². The highest BCUT2D eigenvalue weighted by Gasteiger charge is 2.16. The standard InChI is InChI=1S/C16H10Cl3N3O3/c17-8-2-3-9(18)14-13(8)15(16(25)20-14)22-21-12(24)6-7-1-4-11(23)10(19)5-7/h1-5,20,23,25H,6H2. The van der Waals surface area contributed by atoms with Crippen molar-refractivity contribution in [2.45, 2.75) is 6.42 Å². The fraction of sp³-hybridized carbons (Fsp3) is 0.0625. The lowest BCUT2D eigenvalue weighted by Gasteiger charge is -2.00. The van der Waals surface area contributed by atoms with E-state index >= 15 is 0 Å². The molecule has 0 radical (unpaired) electrons. The molecule has 1 heterocycles. The minimum atomic E-state index is -0.561. The van der Waals surface area contributed by atoms with Crippen LogP contribution in [0.15, 0.2) is 40.6 Å². The molecule has 0 unspecified atom stereocenters. The maximum atomic E-state index is 12.0. The van der Waals surface area contributed by atoms with E-state index in [0.717, 1.165) is 0 Å². The Hall–Kier alpha value is -2.28. The first-order chi connectivity index (χ1) is 11.9. The van der Waals surface area contributed by atoms with Gasteiger partial charge in [-0.1, -0.05) is 40.9 Å². The molecule has 25 heavy (non-hydrogen) atoms. The van der Waals surface area contributed by atoms with E-state index in [4.69, 9.17) is 34.8 Å². The molecule has 128 valence electrons. The normalized spacial score (nSPS) is 11.5. The monoisotopic (exact) mass is 397 g/mol. The number of carbonyl (C=O) groups is 1. The quantitative estimate of drug-likeness (QED) is 0.516. The number of hydrogen-bond donors (Lipinski definition) is 3. The number of aromatic hydroxyl groups is 2. The second kappa shape index (κ2) is 6.92. The van der Waals surface area contributed by atoms with Gasteiger partial charge < -0.3 is 15.2 Å². The van der Waals surface area contributed by atoms with Gasteiger partial charge in [0, 0.05) is 0 Å². The summed E-state index contributed by atoms with van der Waals surface area (Å²) < 4.78 is 0. The van der Waals surface area contributed by atoms with Gasteiger partial charge >= 0.3 is 0 Å². The van der Waals surface area contributed by atoms with E-state index in [2.05, 4.69) is 15.2 Å². The predicted octanol–water partition coefficient (Wildman–Crippen LogP) is 5.39. The van der Waals surface area contributed by atoms with Crippen LogP contribution < -0.4 is 0 Å². The Bertz CT molecular complexity index is 1010. The lowest BCUT2D eigenvalue weighted by Crippen LogP contribution is -1.97. The number of azo groups is 1. The van der Waals surface area contributed by atoms with E-state index in [1.54, 1.807) is 18.2 Å². The van der Waals surface area contributed by atoms with Gasteiger partial charge in [0.2, 0.25) is 5.88 Å². The molecule has 0 saturated heterocycles. The summed E-state index contributed by atoms with van der Waals surface area (Å²) in [5.41, 5.74) is 0.994. The molecule has 1 aromatic heterocycles. The number of aromatic amines is 1. The molecular formula is C16H10Cl3N3O3. The molecule has 9 heteroatoms. The van der Waals surface area contributed by atoms with E-state index in [0.29, 0.717) is 26.5 Å². The molecule has 0 aliphatic rings. The zero-order chi connectivity index (χ0) is 18.1. The van der Waals surface area contributed by atoms with Crippen LogP contribution >= 0.6 is 34.8 Å². The van der Waals surface area contributed by atoms with E-state index in [9.17, 15) is 15.0 Å². The van der Waals surface area contributed by atoms with Crippen LogP contribution in [0, 0.1) is 0 Å². The number of rotatable bonds is 3. The first-order valence-corrected chi connectivity index (χ1v) is 8.11. The van der Waals surface area contributed by atoms with Crippen molar-refractivity contribution in [2.75, 3.05) is 0 Å². The van der Waals surface area contributed by atoms with Crippen molar-refractivity contribution in [1.29, 1.82) is 0 Å². The third-order valence-corrected chi connectivity index (χ3v) is 4.37. The highest BCUT2D eigenvalue weighted by atomic mass is 35.5. The Kier molecular flexibility index (Phi) is 4.85. The summed E-state index contributed by atoms with van der Waals surface area (Å²) in [6, 6.07) is 7.52. The van der Waals surface area contributed by atoms with Gasteiger partial charge in [-0.15, -0.1) is 10.2 Å². The molecule has 3 rings (SSSR count). The molecule has 0 fully saturated rings. The summed E-state index contributed by atoms with van der Waals surface area (Å²) in [7, 11) is 0. The third-order valence-electron chi connectivity index (χ3n) is 3.44. The summed E-state index contributed by atoms with van der Waals surface area (Å²) in [6.07, 6.45) is -0.0683. The van der Waals surface area contributed by atoms with Gasteiger partial charge in [-0.25, -0.2) is 0 Å². The zero-order valence-electron chi connectivity index (χ0n) is 12.4. The Morgan fingerprint density at radius 2 is 1.76 bits per heavy atom. The van der Waals surface area contributed by atoms with Crippen LogP contribution in [0.1, 0.15) is 5.56 Å². The number of fused-ring (bicyclic) bond motifs is 1. The van der Waals surface area contributed by atoms with E-state index in [1.165, 1.54) is 12.1 Å². The van der Waals surface area contributed by atoms with Gasteiger partial charge in [-0.2, -0.15) is 0 Å². The Balaban J connectivity index is 1.88. The number of nitrogens with one attached hydrogen (secondary N) is 1. The van der Waals surface area contributed by atoms with Crippen molar-refractivity contribution in [3.05, 3.63) is 51.0 Å². The van der Waals surface area contributed by atoms with Crippen molar-refractivity contribution in [3.63, 3.8) is 0 Å². The van der Waals surface area contributed by atoms with E-state index in [1.807, 2.05) is 0 Å². The highest BCUT2D eigenvalue weighted by Crippen LogP contribution is 2.42. The molecular weight excluding hydrogens is 389 g/mol. The Morgan fingerprint density at radius 3 is 2.48 bits per heavy atom. The summed E-state index contributed by atoms with van der Waals surface area (Å²) in [5.74, 6) is -0.933. The van der Waals surface area contributed by atoms with Gasteiger partial charge in [0.15, 0.2) is 5.69 Å². The highest BCUT2D eigenvalue weighted by molar-refractivity contribution is 6.41. The number of aromatic nitrogens is 1. The van der Waals surface area contributed by atoms with Crippen molar-refractivity contribution in [2.24, 2.45) is 10.2 Å². The molecule has 0 saturated carbocycles. The molecule has 6 nitrogen and oxygen atoms in total. The van der Waals surface area contributed by atoms with Gasteiger partial charge in [0.1, 0.15) is 5.75 Å². The second-order valence-electron chi connectivity index (χ2n) is 5.16. The smallest absolute Gasteiger partial charge is 0.269 e. The lowest BCUT2D eigenvalue weighted by atomic mass is 10.1. The van der Waals surface area contributed by atoms with E-state index < -0.39 is 5.91 Å². The number of nitrogens with zero attached hydrogens (tertiary/aromatic N) is 2. The Morgan fingerprint density at radius 1 is 1.04 bits per heavy atom. The van der Waals surface area contributed by atoms with Gasteiger partial charge in [0.25, 0.3) is 5.91 Å². The summed E-state index contributed by atoms with van der Waals surface area (Å²) >= 11 is 17.9. The minimum absolute atomic E-state index is 0.0274. The summed E-state index contributed by atoms with van der Waals surface area (Å²) in [5, 5.41) is 27.9. The van der Waals surface area contributed by atoms with Gasteiger partial charge in [0.05, 0.1) is 32.4 Å². The van der Waals surface area contributed by atoms with Crippen LogP contribution in [0.2, 0.25) is 15.1 Å². The number of benzene rings is 2. The van der Waals surface area contributed by atoms with Crippen molar-refractivity contribution >= 4 is 57.3 Å². The van der Waals surface area contributed by atoms with Crippen LogP contribution in [0.25, 0.3) is 10.9 Å². The number of H-pyrrole nitrogens is 1. The van der Waals surface area contributed by atoms with Gasteiger partial charge in [-0.3, -0.25) is 4.79 Å². The minimum Gasteiger partial charge on any atom is -0.506 e. The van der Waals surface area contributed by atoms with Crippen LogP contribution in [0.4, 0.5) is 5.69 Å².